The Bertz CT molecular complexity index is 1460. The smallest absolute Gasteiger partial charge is 0.408 e. The molecule has 212 valence electrons. The van der Waals surface area contributed by atoms with E-state index in [0.29, 0.717) is 0 Å². The zero-order valence-electron chi connectivity index (χ0n) is 23.5. The fourth-order valence-corrected chi connectivity index (χ4v) is 4.29. The van der Waals surface area contributed by atoms with Crippen LogP contribution in [0, 0.1) is 0 Å². The number of carbonyl (C=O) groups is 3. The van der Waals surface area contributed by atoms with Crippen LogP contribution in [0.3, 0.4) is 0 Å². The first-order chi connectivity index (χ1) is 19.7. The standard InChI is InChI=1S/C34H35NO6/c1-34(2,3)41-33(38)35-29(21-24-12-6-4-7-13-24)31(36)40-30(32(37)39-23-25-14-8-5-9-15-25)22-26-18-19-27-16-10-11-17-28(27)20-26/h4-20,29-30H,21-23H2,1-3H3,(H,35,38)/t29-,30+/m0/s1. The molecule has 0 bridgehead atoms. The van der Waals surface area contributed by atoms with Gasteiger partial charge in [-0.15, -0.1) is 0 Å². The summed E-state index contributed by atoms with van der Waals surface area (Å²) in [5.74, 6) is -1.44. The average Bonchev–Trinajstić information content (AvgIpc) is 2.95. The van der Waals surface area contributed by atoms with Gasteiger partial charge in [-0.25, -0.2) is 14.4 Å². The van der Waals surface area contributed by atoms with Crippen LogP contribution < -0.4 is 5.32 Å². The highest BCUT2D eigenvalue weighted by Gasteiger charge is 2.31. The maximum absolute atomic E-state index is 13.5. The molecule has 0 unspecified atom stereocenters. The lowest BCUT2D eigenvalue weighted by molar-refractivity contribution is -0.169. The minimum absolute atomic E-state index is 0.0368. The number of fused-ring (bicyclic) bond motifs is 1. The monoisotopic (exact) mass is 553 g/mol. The van der Waals surface area contributed by atoms with Crippen LogP contribution in [-0.4, -0.2) is 35.8 Å². The molecule has 0 spiro atoms. The summed E-state index contributed by atoms with van der Waals surface area (Å²) in [7, 11) is 0. The maximum atomic E-state index is 13.5. The minimum atomic E-state index is -1.23. The minimum Gasteiger partial charge on any atom is -0.458 e. The van der Waals surface area contributed by atoms with E-state index in [9.17, 15) is 14.4 Å². The first kappa shape index (κ1) is 29.3. The second kappa shape index (κ2) is 13.6. The summed E-state index contributed by atoms with van der Waals surface area (Å²) in [5, 5.41) is 4.68. The lowest BCUT2D eigenvalue weighted by atomic mass is 10.0. The molecule has 4 aromatic rings. The van der Waals surface area contributed by atoms with Crippen LogP contribution in [0.5, 0.6) is 0 Å². The van der Waals surface area contributed by atoms with Crippen molar-refractivity contribution in [3.8, 4) is 0 Å². The van der Waals surface area contributed by atoms with Gasteiger partial charge in [-0.3, -0.25) is 0 Å². The molecule has 0 aromatic heterocycles. The van der Waals surface area contributed by atoms with E-state index in [4.69, 9.17) is 14.2 Å². The molecule has 0 saturated carbocycles. The molecule has 7 heteroatoms. The van der Waals surface area contributed by atoms with Crippen molar-refractivity contribution in [2.45, 2.75) is 58.0 Å². The van der Waals surface area contributed by atoms with Crippen molar-refractivity contribution in [2.75, 3.05) is 0 Å². The van der Waals surface area contributed by atoms with Crippen LogP contribution in [0.2, 0.25) is 0 Å². The molecule has 2 atom stereocenters. The summed E-state index contributed by atoms with van der Waals surface area (Å²) in [6.07, 6.45) is -1.73. The van der Waals surface area contributed by atoms with Crippen LogP contribution >= 0.6 is 0 Å². The molecule has 1 N–H and O–H groups in total. The Morgan fingerprint density at radius 1 is 0.683 bits per heavy atom. The third-order valence-corrected chi connectivity index (χ3v) is 6.24. The number of alkyl carbamates (subject to hydrolysis) is 1. The van der Waals surface area contributed by atoms with E-state index >= 15 is 0 Å². The average molecular weight is 554 g/mol. The van der Waals surface area contributed by atoms with Gasteiger partial charge < -0.3 is 19.5 Å². The molecule has 1 amide bonds. The Hall–Kier alpha value is -4.65. The van der Waals surface area contributed by atoms with Crippen LogP contribution in [0.1, 0.15) is 37.5 Å². The highest BCUT2D eigenvalue weighted by atomic mass is 16.6. The second-order valence-corrected chi connectivity index (χ2v) is 10.8. The molecular formula is C34H35NO6. The first-order valence-electron chi connectivity index (χ1n) is 13.6. The van der Waals surface area contributed by atoms with E-state index in [0.717, 1.165) is 27.5 Å². The van der Waals surface area contributed by atoms with Gasteiger partial charge in [0.2, 0.25) is 6.10 Å². The Kier molecular flexibility index (Phi) is 9.74. The molecule has 4 rings (SSSR count). The molecule has 0 aliphatic carbocycles. The predicted octanol–water partition coefficient (Wildman–Crippen LogP) is 6.17. The lowest BCUT2D eigenvalue weighted by Gasteiger charge is -2.24. The summed E-state index contributed by atoms with van der Waals surface area (Å²) in [4.78, 5) is 39.5. The van der Waals surface area contributed by atoms with Crippen molar-refractivity contribution in [3.05, 3.63) is 120 Å². The van der Waals surface area contributed by atoms with Crippen molar-refractivity contribution in [3.63, 3.8) is 0 Å². The van der Waals surface area contributed by atoms with Crippen LogP contribution in [-0.2, 0) is 43.2 Å². The summed E-state index contributed by atoms with van der Waals surface area (Å²) in [6.45, 7) is 5.24. The van der Waals surface area contributed by atoms with Crippen molar-refractivity contribution in [2.24, 2.45) is 0 Å². The fraction of sp³-hybridized carbons (Fsp3) is 0.265. The molecule has 0 aliphatic rings. The molecule has 4 aromatic carbocycles. The molecule has 0 aliphatic heterocycles. The van der Waals surface area contributed by atoms with Gasteiger partial charge in [0.05, 0.1) is 0 Å². The van der Waals surface area contributed by atoms with Crippen molar-refractivity contribution < 1.29 is 28.6 Å². The maximum Gasteiger partial charge on any atom is 0.408 e. The summed E-state index contributed by atoms with van der Waals surface area (Å²) < 4.78 is 16.7. The number of rotatable bonds is 10. The van der Waals surface area contributed by atoms with Gasteiger partial charge in [-0.05, 0) is 48.2 Å². The SMILES string of the molecule is CC(C)(C)OC(=O)N[C@@H](Cc1ccccc1)C(=O)O[C@H](Cc1ccc2ccccc2c1)C(=O)OCc1ccccc1. The van der Waals surface area contributed by atoms with Crippen LogP contribution in [0.4, 0.5) is 4.79 Å². The first-order valence-corrected chi connectivity index (χ1v) is 13.6. The predicted molar refractivity (Wildman–Crippen MR) is 157 cm³/mol. The normalized spacial score (nSPS) is 12.7. The van der Waals surface area contributed by atoms with Crippen LogP contribution in [0.15, 0.2) is 103 Å². The molecule has 41 heavy (non-hydrogen) atoms. The Labute approximate surface area is 240 Å². The topological polar surface area (TPSA) is 90.9 Å². The zero-order chi connectivity index (χ0) is 29.2. The zero-order valence-corrected chi connectivity index (χ0v) is 23.5. The van der Waals surface area contributed by atoms with Crippen molar-refractivity contribution in [1.82, 2.24) is 5.32 Å². The number of ether oxygens (including phenoxy) is 3. The lowest BCUT2D eigenvalue weighted by Crippen LogP contribution is -2.47. The van der Waals surface area contributed by atoms with E-state index in [-0.39, 0.29) is 19.4 Å². The largest absolute Gasteiger partial charge is 0.458 e. The summed E-state index contributed by atoms with van der Waals surface area (Å²) >= 11 is 0. The third-order valence-electron chi connectivity index (χ3n) is 6.24. The quantitative estimate of drug-likeness (QED) is 0.186. The second-order valence-electron chi connectivity index (χ2n) is 10.8. The number of carbonyl (C=O) groups excluding carboxylic acids is 3. The Morgan fingerprint density at radius 3 is 1.95 bits per heavy atom. The Balaban J connectivity index is 1.55. The van der Waals surface area contributed by atoms with Gasteiger partial charge in [0.1, 0.15) is 18.2 Å². The van der Waals surface area contributed by atoms with Gasteiger partial charge in [0.25, 0.3) is 0 Å². The van der Waals surface area contributed by atoms with Gasteiger partial charge in [0, 0.05) is 12.8 Å². The number of amides is 1. The number of hydrogen-bond donors (Lipinski definition) is 1. The van der Waals surface area contributed by atoms with Gasteiger partial charge in [-0.1, -0.05) is 103 Å². The number of benzene rings is 4. The van der Waals surface area contributed by atoms with E-state index in [1.54, 1.807) is 20.8 Å². The molecule has 0 radical (unpaired) electrons. The number of nitrogens with one attached hydrogen (secondary N) is 1. The number of hydrogen-bond acceptors (Lipinski definition) is 6. The molecule has 7 nitrogen and oxygen atoms in total. The summed E-state index contributed by atoms with van der Waals surface area (Å²) in [6, 6.07) is 31.1. The summed E-state index contributed by atoms with van der Waals surface area (Å²) in [5.41, 5.74) is 1.66. The van der Waals surface area contributed by atoms with Crippen LogP contribution in [0.25, 0.3) is 10.8 Å². The van der Waals surface area contributed by atoms with Gasteiger partial charge in [0.15, 0.2) is 0 Å². The molecular weight excluding hydrogens is 518 g/mol. The molecule has 0 fully saturated rings. The van der Waals surface area contributed by atoms with Gasteiger partial charge in [-0.2, -0.15) is 0 Å². The Morgan fingerprint density at radius 2 is 1.29 bits per heavy atom. The fourth-order valence-electron chi connectivity index (χ4n) is 4.29. The highest BCUT2D eigenvalue weighted by Crippen LogP contribution is 2.19. The van der Waals surface area contributed by atoms with E-state index < -0.39 is 35.8 Å². The van der Waals surface area contributed by atoms with Crippen molar-refractivity contribution in [1.29, 1.82) is 0 Å². The van der Waals surface area contributed by atoms with E-state index in [1.807, 2.05) is 103 Å². The molecule has 0 heterocycles. The molecule has 0 saturated heterocycles. The van der Waals surface area contributed by atoms with Gasteiger partial charge >= 0.3 is 18.0 Å². The van der Waals surface area contributed by atoms with E-state index in [1.165, 1.54) is 0 Å². The van der Waals surface area contributed by atoms with Crippen molar-refractivity contribution >= 4 is 28.8 Å². The highest BCUT2D eigenvalue weighted by molar-refractivity contribution is 5.86. The third kappa shape index (κ3) is 9.21. The number of esters is 2. The van der Waals surface area contributed by atoms with E-state index in [2.05, 4.69) is 5.32 Å².